The van der Waals surface area contributed by atoms with Crippen molar-refractivity contribution in [2.45, 2.75) is 11.7 Å². The fourth-order valence-electron chi connectivity index (χ4n) is 3.34. The van der Waals surface area contributed by atoms with Gasteiger partial charge in [0.15, 0.2) is 11.0 Å². The van der Waals surface area contributed by atoms with Crippen molar-refractivity contribution in [1.29, 1.82) is 0 Å². The number of carboxylic acid groups (broad SMARTS) is 2. The van der Waals surface area contributed by atoms with Crippen molar-refractivity contribution < 1.29 is 29.3 Å². The number of ether oxygens (including phenoxy) is 2. The Bertz CT molecular complexity index is 1140. The molecule has 0 radical (unpaired) electrons. The number of aliphatic carboxylic acids is 2. The second kappa shape index (κ2) is 14.4. The highest BCUT2D eigenvalue weighted by molar-refractivity contribution is 7.99. The van der Waals surface area contributed by atoms with E-state index in [-0.39, 0.29) is 0 Å². The van der Waals surface area contributed by atoms with Crippen LogP contribution in [0.15, 0.2) is 53.7 Å². The van der Waals surface area contributed by atoms with Crippen molar-refractivity contribution in [3.63, 3.8) is 0 Å². The number of carbonyl (C=O) groups is 2. The monoisotopic (exact) mass is 549 g/mol. The van der Waals surface area contributed by atoms with Gasteiger partial charge in [-0.1, -0.05) is 23.4 Å². The van der Waals surface area contributed by atoms with Gasteiger partial charge in [-0.3, -0.25) is 9.47 Å². The van der Waals surface area contributed by atoms with Gasteiger partial charge < -0.3 is 25.0 Å². The minimum absolute atomic E-state index is 0.546. The maximum Gasteiger partial charge on any atom is 0.414 e. The number of aromatic nitrogens is 3. The van der Waals surface area contributed by atoms with Crippen LogP contribution in [0.5, 0.6) is 5.75 Å². The van der Waals surface area contributed by atoms with Crippen LogP contribution >= 0.6 is 23.4 Å². The molecule has 1 fully saturated rings. The van der Waals surface area contributed by atoms with Gasteiger partial charge in [-0.2, -0.15) is 0 Å². The van der Waals surface area contributed by atoms with E-state index in [1.807, 2.05) is 48.5 Å². The molecule has 198 valence electrons. The minimum Gasteiger partial charge on any atom is -0.497 e. The third-order valence-corrected chi connectivity index (χ3v) is 6.41. The van der Waals surface area contributed by atoms with Crippen LogP contribution in [0.4, 0.5) is 5.69 Å². The highest BCUT2D eigenvalue weighted by Gasteiger charge is 2.16. The Labute approximate surface area is 223 Å². The summed E-state index contributed by atoms with van der Waals surface area (Å²) in [5.41, 5.74) is 1.99. The molecule has 13 heteroatoms. The number of halogens is 1. The van der Waals surface area contributed by atoms with Crippen molar-refractivity contribution in [2.75, 3.05) is 51.0 Å². The summed E-state index contributed by atoms with van der Waals surface area (Å²) < 4.78 is 12.8. The molecule has 0 spiro atoms. The zero-order chi connectivity index (χ0) is 26.6. The summed E-state index contributed by atoms with van der Waals surface area (Å²) in [5, 5.41) is 28.7. The Hall–Kier alpha value is -3.32. The topological polar surface area (TPSA) is 139 Å². The highest BCUT2D eigenvalue weighted by Crippen LogP contribution is 2.25. The van der Waals surface area contributed by atoms with E-state index >= 15 is 0 Å². The number of anilines is 1. The molecule has 0 amide bonds. The van der Waals surface area contributed by atoms with Crippen LogP contribution in [0, 0.1) is 0 Å². The zero-order valence-electron chi connectivity index (χ0n) is 20.2. The van der Waals surface area contributed by atoms with Crippen LogP contribution in [0.25, 0.3) is 5.69 Å². The summed E-state index contributed by atoms with van der Waals surface area (Å²) in [6.45, 7) is 5.15. The molecule has 0 saturated carbocycles. The molecule has 1 saturated heterocycles. The fraction of sp³-hybridized carbons (Fsp3) is 0.333. The molecule has 4 rings (SSSR count). The number of thioether (sulfide) groups is 1. The first-order valence-corrected chi connectivity index (χ1v) is 12.7. The molecular formula is C24H28ClN5O6S. The quantitative estimate of drug-likeness (QED) is 0.268. The van der Waals surface area contributed by atoms with Crippen LogP contribution in [0.2, 0.25) is 5.02 Å². The molecule has 2 aromatic carbocycles. The maximum absolute atomic E-state index is 9.10. The van der Waals surface area contributed by atoms with Crippen LogP contribution < -0.4 is 10.1 Å². The normalized spacial score (nSPS) is 13.4. The lowest BCUT2D eigenvalue weighted by atomic mass is 10.3. The van der Waals surface area contributed by atoms with Crippen LogP contribution in [0.3, 0.4) is 0 Å². The molecule has 37 heavy (non-hydrogen) atoms. The van der Waals surface area contributed by atoms with Crippen LogP contribution in [-0.2, 0) is 20.9 Å². The smallest absolute Gasteiger partial charge is 0.414 e. The first-order valence-electron chi connectivity index (χ1n) is 11.3. The van der Waals surface area contributed by atoms with E-state index in [1.165, 1.54) is 0 Å². The molecule has 2 heterocycles. The zero-order valence-corrected chi connectivity index (χ0v) is 21.7. The van der Waals surface area contributed by atoms with E-state index in [4.69, 9.17) is 40.9 Å². The number of benzene rings is 2. The van der Waals surface area contributed by atoms with Crippen LogP contribution in [-0.4, -0.2) is 87.5 Å². The third-order valence-electron chi connectivity index (χ3n) is 5.25. The highest BCUT2D eigenvalue weighted by atomic mass is 35.5. The predicted molar refractivity (Wildman–Crippen MR) is 140 cm³/mol. The molecule has 11 nitrogen and oxygen atoms in total. The van der Waals surface area contributed by atoms with E-state index in [0.717, 1.165) is 66.7 Å². The Kier molecular flexibility index (Phi) is 11.0. The SMILES string of the molecule is COc1ccc(-n2c(CNc3ccc(Cl)cc3)nnc2SCCN2CCOCC2)cc1.O=C(O)C(=O)O. The molecule has 0 atom stereocenters. The van der Waals surface area contributed by atoms with Crippen LogP contribution in [0.1, 0.15) is 5.82 Å². The molecule has 0 unspecified atom stereocenters. The summed E-state index contributed by atoms with van der Waals surface area (Å²) in [6, 6.07) is 15.6. The summed E-state index contributed by atoms with van der Waals surface area (Å²) in [5.74, 6) is -1.04. The Balaban J connectivity index is 0.000000568. The van der Waals surface area contributed by atoms with Gasteiger partial charge in [0.1, 0.15) is 5.75 Å². The van der Waals surface area contributed by atoms with Crippen molar-refractivity contribution in [3.05, 3.63) is 59.4 Å². The van der Waals surface area contributed by atoms with Gasteiger partial charge in [0.05, 0.1) is 26.9 Å². The number of carboxylic acids is 2. The molecule has 0 aliphatic carbocycles. The molecule has 1 aliphatic heterocycles. The van der Waals surface area contributed by atoms with Gasteiger partial charge in [-0.25, -0.2) is 9.59 Å². The number of methoxy groups -OCH3 is 1. The minimum atomic E-state index is -1.82. The van der Waals surface area contributed by atoms with Crippen molar-refractivity contribution >= 4 is 41.0 Å². The standard InChI is InChI=1S/C22H26ClN5O2S.C2H2O4/c1-29-20-8-6-19(7-9-20)28-21(16-24-18-4-2-17(23)3-5-18)25-26-22(28)31-15-12-27-10-13-30-14-11-27;3-1(4)2(5)6/h2-9,24H,10-16H2,1H3;(H,3,4)(H,5,6). The van der Waals surface area contributed by atoms with Crippen molar-refractivity contribution in [2.24, 2.45) is 0 Å². The van der Waals surface area contributed by atoms with Gasteiger partial charge in [-0.15, -0.1) is 10.2 Å². The molecule has 3 aromatic rings. The maximum atomic E-state index is 9.10. The van der Waals surface area contributed by atoms with Crippen molar-refractivity contribution in [3.8, 4) is 11.4 Å². The molecular weight excluding hydrogens is 522 g/mol. The largest absolute Gasteiger partial charge is 0.497 e. The van der Waals surface area contributed by atoms with Gasteiger partial charge in [0.2, 0.25) is 0 Å². The van der Waals surface area contributed by atoms with Crippen molar-refractivity contribution in [1.82, 2.24) is 19.7 Å². The van der Waals surface area contributed by atoms with E-state index in [1.54, 1.807) is 18.9 Å². The van der Waals surface area contributed by atoms with E-state index < -0.39 is 11.9 Å². The van der Waals surface area contributed by atoms with E-state index in [9.17, 15) is 0 Å². The number of morpholine rings is 1. The van der Waals surface area contributed by atoms with Gasteiger partial charge >= 0.3 is 11.9 Å². The number of nitrogens with one attached hydrogen (secondary N) is 1. The molecule has 0 bridgehead atoms. The fourth-order valence-corrected chi connectivity index (χ4v) is 4.44. The van der Waals surface area contributed by atoms with Gasteiger partial charge in [0, 0.05) is 41.8 Å². The Morgan fingerprint density at radius 1 is 1.05 bits per heavy atom. The number of hydrogen-bond donors (Lipinski definition) is 3. The van der Waals surface area contributed by atoms with E-state index in [2.05, 4.69) is 25.0 Å². The Morgan fingerprint density at radius 2 is 1.70 bits per heavy atom. The number of nitrogens with zero attached hydrogens (tertiary/aromatic N) is 4. The van der Waals surface area contributed by atoms with E-state index in [0.29, 0.717) is 11.6 Å². The lowest BCUT2D eigenvalue weighted by molar-refractivity contribution is -0.159. The second-order valence-corrected chi connectivity index (χ2v) is 9.20. The summed E-state index contributed by atoms with van der Waals surface area (Å²) >= 11 is 7.71. The van der Waals surface area contributed by atoms with Gasteiger partial charge in [0.25, 0.3) is 0 Å². The summed E-state index contributed by atoms with van der Waals surface area (Å²) in [7, 11) is 1.67. The molecule has 1 aromatic heterocycles. The third kappa shape index (κ3) is 8.93. The second-order valence-electron chi connectivity index (χ2n) is 7.71. The first-order chi connectivity index (χ1) is 17.9. The molecule has 3 N–H and O–H groups in total. The number of rotatable bonds is 9. The first kappa shape index (κ1) is 28.3. The average Bonchev–Trinajstić information content (AvgIpc) is 3.32. The molecule has 1 aliphatic rings. The Morgan fingerprint density at radius 3 is 2.30 bits per heavy atom. The summed E-state index contributed by atoms with van der Waals surface area (Å²) in [4.78, 5) is 20.6. The van der Waals surface area contributed by atoms with Gasteiger partial charge in [-0.05, 0) is 48.5 Å². The predicted octanol–water partition coefficient (Wildman–Crippen LogP) is 3.12. The lowest BCUT2D eigenvalue weighted by Gasteiger charge is -2.26. The average molecular weight is 550 g/mol. The lowest BCUT2D eigenvalue weighted by Crippen LogP contribution is -2.37. The summed E-state index contributed by atoms with van der Waals surface area (Å²) in [6.07, 6.45) is 0. The number of hydrogen-bond acceptors (Lipinski definition) is 9.